The van der Waals surface area contributed by atoms with Crippen molar-refractivity contribution < 1.29 is 14.2 Å². The monoisotopic (exact) mass is 396 g/mol. The zero-order chi connectivity index (χ0) is 19.9. The van der Waals surface area contributed by atoms with Crippen molar-refractivity contribution in [1.29, 1.82) is 0 Å². The fraction of sp³-hybridized carbons (Fsp3) is 0.455. The van der Waals surface area contributed by atoms with Crippen LogP contribution < -0.4 is 24.8 Å². The number of guanidine groups is 1. The zero-order valence-electron chi connectivity index (χ0n) is 16.8. The molecule has 2 aliphatic rings. The molecular weight excluding hydrogens is 368 g/mol. The molecule has 0 radical (unpaired) electrons. The molecule has 1 fully saturated rings. The Balaban J connectivity index is 1.41. The zero-order valence-corrected chi connectivity index (χ0v) is 16.8. The normalized spacial score (nSPS) is 16.1. The number of nitrogens with one attached hydrogen (secondary N) is 2. The molecule has 0 amide bonds. The highest BCUT2D eigenvalue weighted by atomic mass is 16.5. The van der Waals surface area contributed by atoms with E-state index in [-0.39, 0.29) is 0 Å². The fourth-order valence-corrected chi connectivity index (χ4v) is 2.97. The number of pyridine rings is 1. The molecular formula is C22H28N4O3. The van der Waals surface area contributed by atoms with E-state index >= 15 is 0 Å². The minimum atomic E-state index is 0.530. The Bertz CT molecular complexity index is 852. The summed E-state index contributed by atoms with van der Waals surface area (Å²) >= 11 is 0. The van der Waals surface area contributed by atoms with Crippen molar-refractivity contribution in [2.24, 2.45) is 10.9 Å². The Kier molecular flexibility index (Phi) is 6.34. The maximum Gasteiger partial charge on any atom is 0.213 e. The highest BCUT2D eigenvalue weighted by Gasteiger charge is 2.22. The molecule has 0 bridgehead atoms. The van der Waals surface area contributed by atoms with E-state index in [9.17, 15) is 0 Å². The Morgan fingerprint density at radius 3 is 2.86 bits per heavy atom. The van der Waals surface area contributed by atoms with Gasteiger partial charge in [0.05, 0.1) is 26.4 Å². The van der Waals surface area contributed by atoms with E-state index in [1.165, 1.54) is 12.8 Å². The molecule has 154 valence electrons. The van der Waals surface area contributed by atoms with Crippen LogP contribution in [0.4, 0.5) is 5.69 Å². The summed E-state index contributed by atoms with van der Waals surface area (Å²) in [5, 5.41) is 6.62. The van der Waals surface area contributed by atoms with Gasteiger partial charge in [0, 0.05) is 37.0 Å². The van der Waals surface area contributed by atoms with Crippen LogP contribution >= 0.6 is 0 Å². The van der Waals surface area contributed by atoms with Gasteiger partial charge in [0.15, 0.2) is 17.5 Å². The van der Waals surface area contributed by atoms with Gasteiger partial charge in [-0.05, 0) is 49.4 Å². The molecule has 2 N–H and O–H groups in total. The number of rotatable bonds is 7. The minimum Gasteiger partial charge on any atom is -0.490 e. The smallest absolute Gasteiger partial charge is 0.213 e. The molecule has 29 heavy (non-hydrogen) atoms. The van der Waals surface area contributed by atoms with Gasteiger partial charge in [-0.15, -0.1) is 0 Å². The van der Waals surface area contributed by atoms with E-state index in [4.69, 9.17) is 19.2 Å². The highest BCUT2D eigenvalue weighted by Crippen LogP contribution is 2.32. The maximum atomic E-state index is 5.77. The summed E-state index contributed by atoms with van der Waals surface area (Å²) in [6.45, 7) is 5.44. The van der Waals surface area contributed by atoms with Crippen LogP contribution in [0.2, 0.25) is 0 Å². The fourth-order valence-electron chi connectivity index (χ4n) is 2.97. The third-order valence-electron chi connectivity index (χ3n) is 4.74. The lowest BCUT2D eigenvalue weighted by molar-refractivity contribution is 0.288. The van der Waals surface area contributed by atoms with Crippen molar-refractivity contribution in [2.45, 2.75) is 32.7 Å². The molecule has 1 saturated carbocycles. The minimum absolute atomic E-state index is 0.530. The standard InChI is InChI=1S/C22H28N4O3/c1-2-23-22(26-18-6-7-19-20(13-18)28-11-3-10-27-19)25-14-17-8-9-24-21(12-17)29-15-16-4-5-16/h6-9,12-13,16H,2-5,10-11,14-15H2,1H3,(H2,23,25,26). The van der Waals surface area contributed by atoms with Crippen molar-refractivity contribution >= 4 is 11.6 Å². The second-order valence-corrected chi connectivity index (χ2v) is 7.29. The second-order valence-electron chi connectivity index (χ2n) is 7.29. The van der Waals surface area contributed by atoms with Gasteiger partial charge in [0.2, 0.25) is 5.88 Å². The second kappa shape index (κ2) is 9.49. The molecule has 0 spiro atoms. The summed E-state index contributed by atoms with van der Waals surface area (Å²) in [5.74, 6) is 3.63. The SMILES string of the molecule is CCNC(=NCc1ccnc(OCC2CC2)c1)Nc1ccc2c(c1)OCCCO2. The lowest BCUT2D eigenvalue weighted by Crippen LogP contribution is -2.30. The predicted octanol–water partition coefficient (Wildman–Crippen LogP) is 3.61. The molecule has 7 heteroatoms. The van der Waals surface area contributed by atoms with Crippen LogP contribution in [0.25, 0.3) is 0 Å². The Labute approximate surface area is 171 Å². The first-order chi connectivity index (χ1) is 14.3. The van der Waals surface area contributed by atoms with E-state index in [2.05, 4.69) is 15.6 Å². The quantitative estimate of drug-likeness (QED) is 0.550. The number of aromatic nitrogens is 1. The van der Waals surface area contributed by atoms with E-state index in [0.717, 1.165) is 42.3 Å². The number of fused-ring (bicyclic) bond motifs is 1. The van der Waals surface area contributed by atoms with Crippen LogP contribution in [0.15, 0.2) is 41.5 Å². The van der Waals surface area contributed by atoms with Gasteiger partial charge in [0.1, 0.15) is 0 Å². The van der Waals surface area contributed by atoms with Gasteiger partial charge in [-0.25, -0.2) is 9.98 Å². The third kappa shape index (κ3) is 5.76. The molecule has 0 saturated heterocycles. The first-order valence-electron chi connectivity index (χ1n) is 10.3. The maximum absolute atomic E-state index is 5.77. The van der Waals surface area contributed by atoms with Crippen LogP contribution in [0.1, 0.15) is 31.7 Å². The molecule has 1 aromatic heterocycles. The van der Waals surface area contributed by atoms with E-state index < -0.39 is 0 Å². The number of benzene rings is 1. The van der Waals surface area contributed by atoms with Crippen molar-refractivity contribution in [3.8, 4) is 17.4 Å². The van der Waals surface area contributed by atoms with Gasteiger partial charge in [0.25, 0.3) is 0 Å². The molecule has 2 aromatic rings. The number of hydrogen-bond acceptors (Lipinski definition) is 5. The highest BCUT2D eigenvalue weighted by molar-refractivity contribution is 5.93. The van der Waals surface area contributed by atoms with Crippen molar-refractivity contribution in [1.82, 2.24) is 10.3 Å². The summed E-state index contributed by atoms with van der Waals surface area (Å²) in [6.07, 6.45) is 5.19. The predicted molar refractivity (Wildman–Crippen MR) is 113 cm³/mol. The summed E-state index contributed by atoms with van der Waals surface area (Å²) in [6, 6.07) is 9.77. The number of hydrogen-bond donors (Lipinski definition) is 2. The number of anilines is 1. The van der Waals surface area contributed by atoms with Crippen molar-refractivity contribution in [3.63, 3.8) is 0 Å². The molecule has 1 aliphatic carbocycles. The summed E-state index contributed by atoms with van der Waals surface area (Å²) < 4.78 is 17.2. The molecule has 2 heterocycles. The molecule has 1 aliphatic heterocycles. The summed E-state index contributed by atoms with van der Waals surface area (Å²) in [7, 11) is 0. The molecule has 0 unspecified atom stereocenters. The number of ether oxygens (including phenoxy) is 3. The number of aliphatic imine (C=N–C) groups is 1. The topological polar surface area (TPSA) is 77.0 Å². The lowest BCUT2D eigenvalue weighted by Gasteiger charge is -2.14. The Morgan fingerprint density at radius 2 is 2.03 bits per heavy atom. The lowest BCUT2D eigenvalue weighted by atomic mass is 10.2. The van der Waals surface area contributed by atoms with Crippen LogP contribution in [-0.4, -0.2) is 37.3 Å². The third-order valence-corrected chi connectivity index (χ3v) is 4.74. The Hall–Kier alpha value is -2.96. The summed E-state index contributed by atoms with van der Waals surface area (Å²) in [5.41, 5.74) is 1.96. The average Bonchev–Trinajstić information content (AvgIpc) is 3.58. The molecule has 7 nitrogen and oxygen atoms in total. The first kappa shape index (κ1) is 19.4. The average molecular weight is 396 g/mol. The van der Waals surface area contributed by atoms with Crippen LogP contribution in [0.5, 0.6) is 17.4 Å². The number of nitrogens with zero attached hydrogens (tertiary/aromatic N) is 2. The first-order valence-corrected chi connectivity index (χ1v) is 10.3. The van der Waals surface area contributed by atoms with Gasteiger partial charge in [-0.1, -0.05) is 0 Å². The Morgan fingerprint density at radius 1 is 1.17 bits per heavy atom. The van der Waals surface area contributed by atoms with Crippen LogP contribution in [0.3, 0.4) is 0 Å². The van der Waals surface area contributed by atoms with Crippen molar-refractivity contribution in [3.05, 3.63) is 42.1 Å². The van der Waals surface area contributed by atoms with E-state index in [1.54, 1.807) is 6.20 Å². The van der Waals surface area contributed by atoms with Crippen LogP contribution in [-0.2, 0) is 6.54 Å². The van der Waals surface area contributed by atoms with Gasteiger partial charge < -0.3 is 24.8 Å². The molecule has 0 atom stereocenters. The molecule has 4 rings (SSSR count). The largest absolute Gasteiger partial charge is 0.490 e. The van der Waals surface area contributed by atoms with E-state index in [0.29, 0.717) is 37.5 Å². The summed E-state index contributed by atoms with van der Waals surface area (Å²) in [4.78, 5) is 8.99. The van der Waals surface area contributed by atoms with Gasteiger partial charge in [-0.2, -0.15) is 0 Å². The van der Waals surface area contributed by atoms with E-state index in [1.807, 2.05) is 37.3 Å². The van der Waals surface area contributed by atoms with Gasteiger partial charge >= 0.3 is 0 Å². The van der Waals surface area contributed by atoms with Crippen molar-refractivity contribution in [2.75, 3.05) is 31.7 Å². The van der Waals surface area contributed by atoms with Gasteiger partial charge in [-0.3, -0.25) is 0 Å². The molecule has 1 aromatic carbocycles. The van der Waals surface area contributed by atoms with Crippen LogP contribution in [0, 0.1) is 5.92 Å².